The van der Waals surface area contributed by atoms with Crippen LogP contribution < -0.4 is 16.0 Å². The van der Waals surface area contributed by atoms with Gasteiger partial charge in [-0.25, -0.2) is 29.9 Å². The second kappa shape index (κ2) is 14.1. The number of guanidine groups is 1. The van der Waals surface area contributed by atoms with Crippen molar-refractivity contribution in [1.29, 1.82) is 0 Å². The van der Waals surface area contributed by atoms with Gasteiger partial charge in [-0.3, -0.25) is 24.8 Å². The number of pyridine rings is 6. The maximum atomic E-state index is 14.1. The lowest BCUT2D eigenvalue weighted by Crippen LogP contribution is -2.63. The van der Waals surface area contributed by atoms with Crippen LogP contribution in [0.15, 0.2) is 48.7 Å². The van der Waals surface area contributed by atoms with Gasteiger partial charge in [-0.1, -0.05) is 12.1 Å². The molecule has 0 saturated carbocycles. The van der Waals surface area contributed by atoms with Gasteiger partial charge in [0.1, 0.15) is 5.69 Å². The fourth-order valence-electron chi connectivity index (χ4n) is 10.5. The first kappa shape index (κ1) is 36.5. The zero-order valence-electron chi connectivity index (χ0n) is 34.6. The maximum absolute atomic E-state index is 14.1. The predicted octanol–water partition coefficient (Wildman–Crippen LogP) is 4.80. The lowest BCUT2D eigenvalue weighted by Gasteiger charge is -2.34. The highest BCUT2D eigenvalue weighted by Gasteiger charge is 2.36. The molecule has 13 nitrogen and oxygen atoms in total. The van der Waals surface area contributed by atoms with Crippen LogP contribution in [0.5, 0.6) is 0 Å². The number of nitrogens with one attached hydrogen (secondary N) is 3. The standard InChI is InChI=1S/C48H47N11O2/c1-25-18-33-20-31-9-7-28-19-29-8-10-32-22-34-21-30-6-5-27-11-12-37(52-38(27)41(30)56-45(34)57-43(32)40(29)54-39(28)42(31)55-44(33)49-23-25)47(61)59-15-3-4-35(24-59)51-46(60)36-14-17-58-16-13-26(2)50-48(58)53-36/h11-12,18-23,26,35-36H,3-10,13-17,24H2,1-2H3,(H2,50,51,53,60)/p+1. The molecule has 306 valence electrons. The Morgan fingerprint density at radius 3 is 2.02 bits per heavy atom. The zero-order valence-corrected chi connectivity index (χ0v) is 34.6. The minimum absolute atomic E-state index is 0.00882. The first-order valence-corrected chi connectivity index (χ1v) is 22.2. The summed E-state index contributed by atoms with van der Waals surface area (Å²) >= 11 is 0. The normalized spacial score (nSPS) is 21.1. The maximum Gasteiger partial charge on any atom is 0.346 e. The summed E-state index contributed by atoms with van der Waals surface area (Å²) in [4.78, 5) is 60.0. The van der Waals surface area contributed by atoms with Gasteiger partial charge in [0.05, 0.1) is 53.3 Å². The van der Waals surface area contributed by atoms with Gasteiger partial charge in [0.2, 0.25) is 0 Å². The van der Waals surface area contributed by atoms with Crippen LogP contribution in [0, 0.1) is 6.92 Å². The molecule has 3 unspecified atom stereocenters. The Labute approximate surface area is 353 Å². The Bertz CT molecular complexity index is 2920. The van der Waals surface area contributed by atoms with Gasteiger partial charge in [-0.05, 0) is 134 Å². The van der Waals surface area contributed by atoms with Crippen LogP contribution in [-0.4, -0.2) is 101 Å². The van der Waals surface area contributed by atoms with E-state index in [1.54, 1.807) is 0 Å². The molecule has 6 aromatic rings. The van der Waals surface area contributed by atoms with Crippen molar-refractivity contribution in [2.75, 3.05) is 26.2 Å². The first-order valence-electron chi connectivity index (χ1n) is 22.2. The molecular formula is C48H48N11O2+. The van der Waals surface area contributed by atoms with Crippen LogP contribution in [0.1, 0.15) is 82.0 Å². The van der Waals surface area contributed by atoms with E-state index in [9.17, 15) is 9.59 Å². The highest BCUT2D eigenvalue weighted by Crippen LogP contribution is 2.40. The summed E-state index contributed by atoms with van der Waals surface area (Å²) in [5, 5.41) is 12.3. The number of carbonyl (C=O) groups is 2. The number of carbonyl (C=O) groups excluding carboxylic acids is 2. The SMILES string of the molecule is Cc1cnc2nc3c(cc2c1)CCc1cc2c(nc1-3)-c1nc3nc4c(cc3cc1CC2)CCc1ccc(C(=O)N2CCCC(NC(=O)C3CC[N+]5=C(NC(C)CC5)N3)C2)nc1-4. The van der Waals surface area contributed by atoms with Crippen LogP contribution >= 0.6 is 0 Å². The fourth-order valence-corrected chi connectivity index (χ4v) is 10.5. The molecule has 1 fully saturated rings. The Balaban J connectivity index is 0.820. The summed E-state index contributed by atoms with van der Waals surface area (Å²) in [6, 6.07) is 15.1. The number of amides is 2. The Hall–Kier alpha value is -6.37. The van der Waals surface area contributed by atoms with Crippen LogP contribution in [0.25, 0.3) is 56.2 Å². The van der Waals surface area contributed by atoms with Gasteiger partial charge in [-0.2, -0.15) is 0 Å². The quantitative estimate of drug-likeness (QED) is 0.213. The molecule has 3 aliphatic carbocycles. The summed E-state index contributed by atoms with van der Waals surface area (Å²) in [5.41, 5.74) is 15.2. The number of nitrogens with zero attached hydrogens (tertiary/aromatic N) is 8. The number of piperidine rings is 1. The van der Waals surface area contributed by atoms with Gasteiger partial charge < -0.3 is 10.2 Å². The molecule has 2 amide bonds. The molecule has 1 saturated heterocycles. The molecule has 61 heavy (non-hydrogen) atoms. The summed E-state index contributed by atoms with van der Waals surface area (Å²) in [6.45, 7) is 7.16. The van der Waals surface area contributed by atoms with Crippen molar-refractivity contribution in [1.82, 2.24) is 50.8 Å². The van der Waals surface area contributed by atoms with E-state index in [4.69, 9.17) is 24.9 Å². The third-order valence-corrected chi connectivity index (χ3v) is 13.8. The lowest BCUT2D eigenvalue weighted by molar-refractivity contribution is -0.542. The number of fused-ring (bicyclic) bond motifs is 11. The first-order chi connectivity index (χ1) is 29.8. The smallest absolute Gasteiger partial charge is 0.346 e. The Morgan fingerprint density at radius 1 is 0.689 bits per heavy atom. The van der Waals surface area contributed by atoms with E-state index >= 15 is 0 Å². The molecule has 3 atom stereocenters. The monoisotopic (exact) mass is 810 g/mol. The van der Waals surface area contributed by atoms with E-state index in [0.717, 1.165) is 151 Å². The summed E-state index contributed by atoms with van der Waals surface area (Å²) in [5.74, 6) is 0.825. The van der Waals surface area contributed by atoms with Crippen LogP contribution in [0.4, 0.5) is 0 Å². The van der Waals surface area contributed by atoms with E-state index in [-0.39, 0.29) is 23.9 Å². The molecule has 3 aliphatic heterocycles. The average molecular weight is 811 g/mol. The third kappa shape index (κ3) is 6.30. The van der Waals surface area contributed by atoms with E-state index in [1.807, 2.05) is 23.2 Å². The van der Waals surface area contributed by atoms with Crippen molar-refractivity contribution in [3.05, 3.63) is 93.3 Å². The van der Waals surface area contributed by atoms with Gasteiger partial charge in [0.25, 0.3) is 11.8 Å². The minimum Gasteiger partial charge on any atom is -0.349 e. The van der Waals surface area contributed by atoms with Gasteiger partial charge >= 0.3 is 5.96 Å². The number of likely N-dealkylation sites (tertiary alicyclic amines) is 1. The van der Waals surface area contributed by atoms with Crippen molar-refractivity contribution >= 4 is 39.8 Å². The summed E-state index contributed by atoms with van der Waals surface area (Å²) in [7, 11) is 0. The van der Waals surface area contributed by atoms with E-state index < -0.39 is 0 Å². The molecule has 6 aliphatic rings. The van der Waals surface area contributed by atoms with Crippen LogP contribution in [-0.2, 0) is 43.3 Å². The topological polar surface area (TPSA) is 154 Å². The predicted molar refractivity (Wildman–Crippen MR) is 232 cm³/mol. The number of hydrogen-bond acceptors (Lipinski definition) is 10. The van der Waals surface area contributed by atoms with Crippen molar-refractivity contribution in [2.45, 2.75) is 96.2 Å². The number of aromatic nitrogens is 6. The third-order valence-electron chi connectivity index (χ3n) is 13.8. The number of rotatable bonds is 3. The number of hydrogen-bond donors (Lipinski definition) is 3. The molecule has 0 spiro atoms. The molecule has 9 heterocycles. The largest absolute Gasteiger partial charge is 0.349 e. The van der Waals surface area contributed by atoms with Crippen molar-refractivity contribution in [3.8, 4) is 34.2 Å². The molecule has 12 rings (SSSR count). The highest BCUT2D eigenvalue weighted by atomic mass is 16.2. The average Bonchev–Trinajstić information content (AvgIpc) is 3.28. The van der Waals surface area contributed by atoms with E-state index in [1.165, 1.54) is 22.3 Å². The van der Waals surface area contributed by atoms with E-state index in [2.05, 4.69) is 69.7 Å². The van der Waals surface area contributed by atoms with Crippen molar-refractivity contribution < 1.29 is 14.2 Å². The molecule has 0 aromatic carbocycles. The molecule has 0 radical (unpaired) electrons. The Morgan fingerprint density at radius 2 is 1.30 bits per heavy atom. The van der Waals surface area contributed by atoms with Crippen molar-refractivity contribution in [3.63, 3.8) is 0 Å². The van der Waals surface area contributed by atoms with Gasteiger partial charge in [0.15, 0.2) is 17.3 Å². The van der Waals surface area contributed by atoms with E-state index in [0.29, 0.717) is 30.5 Å². The molecule has 6 aromatic heterocycles. The summed E-state index contributed by atoms with van der Waals surface area (Å²) < 4.78 is 2.29. The molecule has 3 N–H and O–H groups in total. The van der Waals surface area contributed by atoms with Gasteiger partial charge in [-0.15, -0.1) is 0 Å². The second-order valence-electron chi connectivity index (χ2n) is 18.1. The molecule has 13 heteroatoms. The summed E-state index contributed by atoms with van der Waals surface area (Å²) in [6.07, 6.45) is 10.7. The molecule has 0 bridgehead atoms. The Kier molecular flexibility index (Phi) is 8.43. The number of aryl methyl sites for hydroxylation is 7. The van der Waals surface area contributed by atoms with Crippen molar-refractivity contribution in [2.24, 2.45) is 0 Å². The highest BCUT2D eigenvalue weighted by molar-refractivity contribution is 5.94. The fraction of sp³-hybridized carbons (Fsp3) is 0.396. The minimum atomic E-state index is -0.296. The van der Waals surface area contributed by atoms with Crippen LogP contribution in [0.2, 0.25) is 0 Å². The zero-order chi connectivity index (χ0) is 40.9. The second-order valence-corrected chi connectivity index (χ2v) is 18.1. The molecular weight excluding hydrogens is 763 g/mol. The van der Waals surface area contributed by atoms with Gasteiger partial charge in [0, 0.05) is 48.9 Å². The van der Waals surface area contributed by atoms with Crippen LogP contribution in [0.3, 0.4) is 0 Å². The lowest BCUT2D eigenvalue weighted by atomic mass is 9.86.